The number of carboxylic acids is 1. The van der Waals surface area contributed by atoms with E-state index < -0.39 is 24.5 Å². The van der Waals surface area contributed by atoms with Gasteiger partial charge in [-0.15, -0.1) is 0 Å². The number of benzene rings is 1. The monoisotopic (exact) mass is 397 g/mol. The molecule has 0 radical (unpaired) electrons. The van der Waals surface area contributed by atoms with Crippen LogP contribution in [0.5, 0.6) is 11.5 Å². The Labute approximate surface area is 144 Å². The summed E-state index contributed by atoms with van der Waals surface area (Å²) in [6, 6.07) is 3.41. The highest BCUT2D eigenvalue weighted by Gasteiger charge is 2.15. The zero-order valence-corrected chi connectivity index (χ0v) is 13.9. The fraction of sp³-hybridized carbons (Fsp3) is 0.143. The van der Waals surface area contributed by atoms with Crippen molar-refractivity contribution in [3.05, 3.63) is 27.7 Å². The highest BCUT2D eigenvalue weighted by molar-refractivity contribution is 9.10. The topological polar surface area (TPSA) is 152 Å². The number of methoxy groups -OCH3 is 1. The van der Waals surface area contributed by atoms with Crippen molar-refractivity contribution >= 4 is 39.9 Å². The van der Waals surface area contributed by atoms with Gasteiger partial charge in [0, 0.05) is 4.47 Å². The van der Waals surface area contributed by atoms with Crippen molar-refractivity contribution in [3.63, 3.8) is 0 Å². The third-order valence-corrected chi connectivity index (χ3v) is 3.22. The summed E-state index contributed by atoms with van der Waals surface area (Å²) >= 11 is 3.21. The first-order valence-electron chi connectivity index (χ1n) is 6.23. The number of nitriles is 1. The summed E-state index contributed by atoms with van der Waals surface area (Å²) in [5, 5.41) is 19.4. The van der Waals surface area contributed by atoms with Crippen molar-refractivity contribution in [3.8, 4) is 17.6 Å². The van der Waals surface area contributed by atoms with Crippen LogP contribution in [0, 0.1) is 11.3 Å². The van der Waals surface area contributed by atoms with Crippen molar-refractivity contribution < 1.29 is 29.0 Å². The third kappa shape index (κ3) is 5.29. The summed E-state index contributed by atoms with van der Waals surface area (Å²) in [5.74, 6) is -1.77. The van der Waals surface area contributed by atoms with Crippen LogP contribution in [0.2, 0.25) is 0 Å². The average molecular weight is 398 g/mol. The van der Waals surface area contributed by atoms with E-state index in [1.54, 1.807) is 11.4 Å². The second-order valence-corrected chi connectivity index (χ2v) is 5.05. The second kappa shape index (κ2) is 8.54. The van der Waals surface area contributed by atoms with E-state index in [1.165, 1.54) is 25.3 Å². The number of carbonyl (C=O) groups excluding carboxylic acids is 2. The van der Waals surface area contributed by atoms with Gasteiger partial charge in [0.05, 0.1) is 7.11 Å². The van der Waals surface area contributed by atoms with Gasteiger partial charge in [0.15, 0.2) is 18.1 Å². The number of nitrogens with zero attached hydrogens (tertiary/aromatic N) is 1. The predicted octanol–water partition coefficient (Wildman–Crippen LogP) is 1.02. The van der Waals surface area contributed by atoms with Gasteiger partial charge in [-0.2, -0.15) is 5.26 Å². The Balaban J connectivity index is 3.22. The highest BCUT2D eigenvalue weighted by Crippen LogP contribution is 2.34. The molecule has 0 saturated heterocycles. The quantitative estimate of drug-likeness (QED) is 0.478. The molecule has 24 heavy (non-hydrogen) atoms. The number of aliphatic carboxylic acids is 1. The van der Waals surface area contributed by atoms with Gasteiger partial charge in [0.2, 0.25) is 0 Å². The molecule has 1 aromatic carbocycles. The number of nitrogens with one attached hydrogen (secondary N) is 1. The molecule has 0 aliphatic rings. The van der Waals surface area contributed by atoms with Crippen LogP contribution in [-0.4, -0.2) is 36.7 Å². The summed E-state index contributed by atoms with van der Waals surface area (Å²) in [5.41, 5.74) is 4.83. The van der Waals surface area contributed by atoms with E-state index in [0.717, 1.165) is 0 Å². The zero-order chi connectivity index (χ0) is 18.3. The largest absolute Gasteiger partial charge is 0.493 e. The Kier molecular flexibility index (Phi) is 6.76. The molecule has 0 fully saturated rings. The lowest BCUT2D eigenvalue weighted by molar-refractivity contribution is -0.139. The van der Waals surface area contributed by atoms with Crippen LogP contribution in [0.1, 0.15) is 5.56 Å². The number of rotatable bonds is 6. The maximum absolute atomic E-state index is 11.7. The number of amides is 3. The van der Waals surface area contributed by atoms with Crippen LogP contribution < -0.4 is 20.5 Å². The SMILES string of the molecule is COc1cc(/C=C(/C#N)C(=O)NC(N)=O)c(Br)cc1OCC(=O)O. The lowest BCUT2D eigenvalue weighted by Gasteiger charge is -2.11. The van der Waals surface area contributed by atoms with Crippen LogP contribution >= 0.6 is 15.9 Å². The van der Waals surface area contributed by atoms with Crippen molar-refractivity contribution in [1.82, 2.24) is 5.32 Å². The maximum Gasteiger partial charge on any atom is 0.341 e. The molecule has 1 rings (SSSR count). The second-order valence-electron chi connectivity index (χ2n) is 4.20. The minimum Gasteiger partial charge on any atom is -0.493 e. The Hall–Kier alpha value is -3.06. The van der Waals surface area contributed by atoms with E-state index >= 15 is 0 Å². The molecular weight excluding hydrogens is 386 g/mol. The van der Waals surface area contributed by atoms with Crippen LogP contribution in [0.15, 0.2) is 22.2 Å². The Bertz CT molecular complexity index is 754. The molecule has 0 aliphatic heterocycles. The van der Waals surface area contributed by atoms with Gasteiger partial charge < -0.3 is 20.3 Å². The molecule has 9 nitrogen and oxygen atoms in total. The predicted molar refractivity (Wildman–Crippen MR) is 85.1 cm³/mol. The van der Waals surface area contributed by atoms with Gasteiger partial charge in [0.1, 0.15) is 11.6 Å². The number of carbonyl (C=O) groups is 3. The minimum atomic E-state index is -1.16. The van der Waals surface area contributed by atoms with Crippen molar-refractivity contribution in [2.75, 3.05) is 13.7 Å². The van der Waals surface area contributed by atoms with E-state index in [0.29, 0.717) is 10.0 Å². The molecule has 0 saturated carbocycles. The fourth-order valence-electron chi connectivity index (χ4n) is 1.56. The molecular formula is C14H12BrN3O6. The van der Waals surface area contributed by atoms with E-state index in [1.807, 2.05) is 0 Å². The third-order valence-electron chi connectivity index (χ3n) is 2.54. The fourth-order valence-corrected chi connectivity index (χ4v) is 1.99. The first-order chi connectivity index (χ1) is 11.3. The molecule has 0 bridgehead atoms. The molecule has 0 heterocycles. The summed E-state index contributed by atoms with van der Waals surface area (Å²) in [4.78, 5) is 32.9. The Morgan fingerprint density at radius 3 is 2.58 bits per heavy atom. The van der Waals surface area contributed by atoms with Gasteiger partial charge in [-0.25, -0.2) is 9.59 Å². The van der Waals surface area contributed by atoms with E-state index in [9.17, 15) is 14.4 Å². The average Bonchev–Trinajstić information content (AvgIpc) is 2.50. The molecule has 3 amide bonds. The standard InChI is InChI=1S/C14H12BrN3O6/c1-23-10-3-7(2-8(5-16)13(21)18-14(17)22)9(15)4-11(10)24-6-12(19)20/h2-4H,6H2,1H3,(H,19,20)(H3,17,18,21,22)/b8-2-. The molecule has 0 spiro atoms. The van der Waals surface area contributed by atoms with Gasteiger partial charge in [0.25, 0.3) is 5.91 Å². The number of carboxylic acid groups (broad SMARTS) is 1. The zero-order valence-electron chi connectivity index (χ0n) is 12.3. The van der Waals surface area contributed by atoms with Gasteiger partial charge in [-0.05, 0) is 23.8 Å². The van der Waals surface area contributed by atoms with E-state index in [4.69, 9.17) is 25.6 Å². The number of primary amides is 1. The van der Waals surface area contributed by atoms with Crippen LogP contribution in [0.25, 0.3) is 6.08 Å². The first-order valence-corrected chi connectivity index (χ1v) is 7.02. The molecule has 1 aromatic rings. The van der Waals surface area contributed by atoms with E-state index in [-0.39, 0.29) is 17.1 Å². The number of hydrogen-bond donors (Lipinski definition) is 3. The number of imide groups is 1. The smallest absolute Gasteiger partial charge is 0.341 e. The number of hydrogen-bond acceptors (Lipinski definition) is 6. The number of urea groups is 1. The summed E-state index contributed by atoms with van der Waals surface area (Å²) < 4.78 is 10.6. The Morgan fingerprint density at radius 1 is 1.42 bits per heavy atom. The normalized spacial score (nSPS) is 10.5. The van der Waals surface area contributed by atoms with Crippen LogP contribution in [0.4, 0.5) is 4.79 Å². The highest BCUT2D eigenvalue weighted by atomic mass is 79.9. The summed E-state index contributed by atoms with van der Waals surface area (Å²) in [7, 11) is 1.34. The molecule has 4 N–H and O–H groups in total. The number of nitrogens with two attached hydrogens (primary N) is 1. The van der Waals surface area contributed by atoms with Crippen molar-refractivity contribution in [2.24, 2.45) is 5.73 Å². The minimum absolute atomic E-state index is 0.157. The van der Waals surface area contributed by atoms with Crippen LogP contribution in [0.3, 0.4) is 0 Å². The molecule has 126 valence electrons. The van der Waals surface area contributed by atoms with Gasteiger partial charge in [-0.3, -0.25) is 10.1 Å². The van der Waals surface area contributed by atoms with Crippen molar-refractivity contribution in [1.29, 1.82) is 5.26 Å². The number of halogens is 1. The molecule has 0 aliphatic carbocycles. The number of ether oxygens (including phenoxy) is 2. The molecule has 0 unspecified atom stereocenters. The van der Waals surface area contributed by atoms with E-state index in [2.05, 4.69) is 15.9 Å². The first kappa shape index (κ1) is 19.0. The van der Waals surface area contributed by atoms with Gasteiger partial charge >= 0.3 is 12.0 Å². The molecule has 0 aromatic heterocycles. The lowest BCUT2D eigenvalue weighted by atomic mass is 10.1. The lowest BCUT2D eigenvalue weighted by Crippen LogP contribution is -2.35. The molecule has 10 heteroatoms. The molecule has 0 atom stereocenters. The van der Waals surface area contributed by atoms with Gasteiger partial charge in [-0.1, -0.05) is 15.9 Å². The van der Waals surface area contributed by atoms with Crippen LogP contribution in [-0.2, 0) is 9.59 Å². The summed E-state index contributed by atoms with van der Waals surface area (Å²) in [6.45, 7) is -0.567. The Morgan fingerprint density at radius 2 is 2.08 bits per heavy atom. The van der Waals surface area contributed by atoms with Crippen molar-refractivity contribution in [2.45, 2.75) is 0 Å². The summed E-state index contributed by atoms with van der Waals surface area (Å²) in [6.07, 6.45) is 1.20. The maximum atomic E-state index is 11.7.